The van der Waals surface area contributed by atoms with E-state index in [1.54, 1.807) is 0 Å². The summed E-state index contributed by atoms with van der Waals surface area (Å²) >= 11 is 0. The zero-order valence-electron chi connectivity index (χ0n) is 10.9. The van der Waals surface area contributed by atoms with E-state index in [1.165, 1.54) is 19.3 Å². The van der Waals surface area contributed by atoms with Gasteiger partial charge in [-0.3, -0.25) is 9.89 Å². The fourth-order valence-electron chi connectivity index (χ4n) is 2.68. The number of rotatable bonds is 2. The first-order valence-corrected chi connectivity index (χ1v) is 6.36. The molecular weight excluding hydrogens is 214 g/mol. The van der Waals surface area contributed by atoms with Crippen molar-refractivity contribution in [2.24, 2.45) is 0 Å². The molecule has 1 heterocycles. The highest BCUT2D eigenvalue weighted by Gasteiger charge is 2.30. The third-order valence-corrected chi connectivity index (χ3v) is 3.73. The number of aromatic amines is 1. The fourth-order valence-corrected chi connectivity index (χ4v) is 2.68. The Morgan fingerprint density at radius 1 is 1.29 bits per heavy atom. The molecule has 0 saturated heterocycles. The Labute approximate surface area is 102 Å². The van der Waals surface area contributed by atoms with Gasteiger partial charge in [-0.05, 0) is 33.6 Å². The molecule has 0 bridgehead atoms. The zero-order valence-corrected chi connectivity index (χ0v) is 10.9. The number of hydrogen-bond acceptors (Lipinski definition) is 2. The molecule has 1 aliphatic rings. The van der Waals surface area contributed by atoms with Crippen LogP contribution in [-0.4, -0.2) is 21.6 Å². The lowest BCUT2D eigenvalue weighted by molar-refractivity contribution is 0.0881. The summed E-state index contributed by atoms with van der Waals surface area (Å²) in [6, 6.07) is 0. The van der Waals surface area contributed by atoms with E-state index < -0.39 is 0 Å². The molecule has 0 aliphatic heterocycles. The van der Waals surface area contributed by atoms with Crippen molar-refractivity contribution in [3.63, 3.8) is 0 Å². The molecule has 0 aromatic carbocycles. The van der Waals surface area contributed by atoms with Crippen molar-refractivity contribution in [3.8, 4) is 0 Å². The van der Waals surface area contributed by atoms with Crippen molar-refractivity contribution in [3.05, 3.63) is 17.0 Å². The molecular formula is C13H21N3O. The van der Waals surface area contributed by atoms with Gasteiger partial charge in [0.25, 0.3) is 5.91 Å². The molecule has 2 N–H and O–H groups in total. The topological polar surface area (TPSA) is 57.8 Å². The first kappa shape index (κ1) is 12.1. The molecule has 1 amide bonds. The summed E-state index contributed by atoms with van der Waals surface area (Å²) in [5.41, 5.74) is 2.29. The molecule has 1 aromatic rings. The second-order valence-corrected chi connectivity index (χ2v) is 5.38. The van der Waals surface area contributed by atoms with Gasteiger partial charge in [0.05, 0.1) is 11.3 Å². The summed E-state index contributed by atoms with van der Waals surface area (Å²) in [6.45, 7) is 5.90. The van der Waals surface area contributed by atoms with Crippen LogP contribution in [0.15, 0.2) is 0 Å². The number of carbonyl (C=O) groups is 1. The standard InChI is InChI=1S/C13H21N3O/c1-9-11(10(2)16-15-9)12(17)14-13(3)7-5-4-6-8-13/h4-8H2,1-3H3,(H,14,17)(H,15,16). The molecule has 0 spiro atoms. The average Bonchev–Trinajstić information content (AvgIpc) is 2.58. The summed E-state index contributed by atoms with van der Waals surface area (Å²) in [6.07, 6.45) is 5.86. The molecule has 0 atom stereocenters. The van der Waals surface area contributed by atoms with Gasteiger partial charge in [0.1, 0.15) is 0 Å². The van der Waals surface area contributed by atoms with E-state index in [0.717, 1.165) is 24.2 Å². The Hall–Kier alpha value is -1.32. The van der Waals surface area contributed by atoms with E-state index in [4.69, 9.17) is 0 Å². The van der Waals surface area contributed by atoms with Crippen LogP contribution in [0.25, 0.3) is 0 Å². The minimum absolute atomic E-state index is 0.0122. The zero-order chi connectivity index (χ0) is 12.5. The molecule has 0 radical (unpaired) electrons. The van der Waals surface area contributed by atoms with E-state index in [0.29, 0.717) is 5.56 Å². The number of H-pyrrole nitrogens is 1. The fraction of sp³-hybridized carbons (Fsp3) is 0.692. The normalized spacial score (nSPS) is 19.0. The molecule has 94 valence electrons. The van der Waals surface area contributed by atoms with Gasteiger partial charge in [-0.2, -0.15) is 5.10 Å². The quantitative estimate of drug-likeness (QED) is 0.827. The van der Waals surface area contributed by atoms with Crippen molar-refractivity contribution >= 4 is 5.91 Å². The lowest BCUT2D eigenvalue weighted by atomic mass is 9.83. The summed E-state index contributed by atoms with van der Waals surface area (Å²) < 4.78 is 0. The highest BCUT2D eigenvalue weighted by atomic mass is 16.1. The van der Waals surface area contributed by atoms with E-state index in [1.807, 2.05) is 13.8 Å². The summed E-state index contributed by atoms with van der Waals surface area (Å²) in [4.78, 5) is 12.2. The van der Waals surface area contributed by atoms with Crippen LogP contribution in [0.2, 0.25) is 0 Å². The molecule has 0 unspecified atom stereocenters. The maximum Gasteiger partial charge on any atom is 0.255 e. The monoisotopic (exact) mass is 235 g/mol. The third-order valence-electron chi connectivity index (χ3n) is 3.73. The second kappa shape index (κ2) is 4.51. The van der Waals surface area contributed by atoms with Crippen molar-refractivity contribution in [1.29, 1.82) is 0 Å². The number of aromatic nitrogens is 2. The smallest absolute Gasteiger partial charge is 0.255 e. The van der Waals surface area contributed by atoms with Crippen LogP contribution >= 0.6 is 0 Å². The minimum atomic E-state index is -0.0362. The first-order chi connectivity index (χ1) is 8.02. The highest BCUT2D eigenvalue weighted by molar-refractivity contribution is 5.96. The van der Waals surface area contributed by atoms with Gasteiger partial charge in [0.15, 0.2) is 0 Å². The lowest BCUT2D eigenvalue weighted by Crippen LogP contribution is -2.47. The van der Waals surface area contributed by atoms with Crippen LogP contribution in [0.5, 0.6) is 0 Å². The first-order valence-electron chi connectivity index (χ1n) is 6.36. The van der Waals surface area contributed by atoms with Gasteiger partial charge in [0, 0.05) is 11.2 Å². The van der Waals surface area contributed by atoms with Gasteiger partial charge in [0.2, 0.25) is 0 Å². The Balaban J connectivity index is 2.11. The molecule has 1 fully saturated rings. The Morgan fingerprint density at radius 2 is 1.94 bits per heavy atom. The van der Waals surface area contributed by atoms with E-state index >= 15 is 0 Å². The molecule has 1 saturated carbocycles. The Bertz CT molecular complexity index is 397. The largest absolute Gasteiger partial charge is 0.347 e. The van der Waals surface area contributed by atoms with Gasteiger partial charge < -0.3 is 5.32 Å². The summed E-state index contributed by atoms with van der Waals surface area (Å²) in [7, 11) is 0. The lowest BCUT2D eigenvalue weighted by Gasteiger charge is -2.34. The molecule has 1 aliphatic carbocycles. The van der Waals surface area contributed by atoms with E-state index in [9.17, 15) is 4.79 Å². The van der Waals surface area contributed by atoms with E-state index in [-0.39, 0.29) is 11.4 Å². The van der Waals surface area contributed by atoms with Crippen molar-refractivity contribution in [2.75, 3.05) is 0 Å². The maximum atomic E-state index is 12.2. The summed E-state index contributed by atoms with van der Waals surface area (Å²) in [5.74, 6) is 0.0122. The maximum absolute atomic E-state index is 12.2. The van der Waals surface area contributed by atoms with Crippen LogP contribution in [0.4, 0.5) is 0 Å². The van der Waals surface area contributed by atoms with Crippen molar-refractivity contribution < 1.29 is 4.79 Å². The Kier molecular flexibility index (Phi) is 3.22. The number of nitrogens with one attached hydrogen (secondary N) is 2. The molecule has 4 nitrogen and oxygen atoms in total. The third kappa shape index (κ3) is 2.51. The van der Waals surface area contributed by atoms with Crippen LogP contribution in [-0.2, 0) is 0 Å². The highest BCUT2D eigenvalue weighted by Crippen LogP contribution is 2.28. The summed E-state index contributed by atoms with van der Waals surface area (Å²) in [5, 5.41) is 10.1. The van der Waals surface area contributed by atoms with Crippen LogP contribution in [0.1, 0.15) is 60.8 Å². The second-order valence-electron chi connectivity index (χ2n) is 5.38. The number of amides is 1. The number of hydrogen-bond donors (Lipinski definition) is 2. The number of nitrogens with zero attached hydrogens (tertiary/aromatic N) is 1. The van der Waals surface area contributed by atoms with Gasteiger partial charge in [-0.1, -0.05) is 19.3 Å². The van der Waals surface area contributed by atoms with Crippen molar-refractivity contribution in [2.45, 2.75) is 58.4 Å². The van der Waals surface area contributed by atoms with Crippen LogP contribution in [0.3, 0.4) is 0 Å². The van der Waals surface area contributed by atoms with Gasteiger partial charge >= 0.3 is 0 Å². The SMILES string of the molecule is Cc1n[nH]c(C)c1C(=O)NC1(C)CCCCC1. The predicted molar refractivity (Wildman–Crippen MR) is 67.0 cm³/mol. The molecule has 4 heteroatoms. The molecule has 17 heavy (non-hydrogen) atoms. The Morgan fingerprint density at radius 3 is 2.47 bits per heavy atom. The average molecular weight is 235 g/mol. The number of aryl methyl sites for hydroxylation is 2. The van der Waals surface area contributed by atoms with Gasteiger partial charge in [-0.25, -0.2) is 0 Å². The molecule has 2 rings (SSSR count). The predicted octanol–water partition coefficient (Wildman–Crippen LogP) is 2.48. The van der Waals surface area contributed by atoms with Gasteiger partial charge in [-0.15, -0.1) is 0 Å². The number of carbonyl (C=O) groups excluding carboxylic acids is 1. The molecule has 1 aromatic heterocycles. The minimum Gasteiger partial charge on any atom is -0.347 e. The van der Waals surface area contributed by atoms with Crippen molar-refractivity contribution in [1.82, 2.24) is 15.5 Å². The van der Waals surface area contributed by atoms with Crippen LogP contribution in [0, 0.1) is 13.8 Å². The van der Waals surface area contributed by atoms with E-state index in [2.05, 4.69) is 22.4 Å². The van der Waals surface area contributed by atoms with Crippen LogP contribution < -0.4 is 5.32 Å².